The lowest BCUT2D eigenvalue weighted by Gasteiger charge is -2.44. The summed E-state index contributed by atoms with van der Waals surface area (Å²) in [6.07, 6.45) is 1.18. The van der Waals surface area contributed by atoms with E-state index in [2.05, 4.69) is 17.6 Å². The first-order valence-electron chi connectivity index (χ1n) is 9.64. The van der Waals surface area contributed by atoms with E-state index in [0.717, 1.165) is 11.1 Å². The molecule has 1 aliphatic rings. The molecule has 2 aromatic carbocycles. The average Bonchev–Trinajstić information content (AvgIpc) is 2.66. The van der Waals surface area contributed by atoms with Crippen molar-refractivity contribution in [3.8, 4) is 0 Å². The number of carbonyl (C=O) groups is 2. The van der Waals surface area contributed by atoms with E-state index in [-0.39, 0.29) is 23.9 Å². The number of hydrogen-bond donors (Lipinski definition) is 2. The van der Waals surface area contributed by atoms with E-state index in [4.69, 9.17) is 0 Å². The summed E-state index contributed by atoms with van der Waals surface area (Å²) >= 11 is 0. The van der Waals surface area contributed by atoms with Crippen LogP contribution in [0.4, 0.5) is 0 Å². The molecule has 2 aromatic rings. The van der Waals surface area contributed by atoms with Gasteiger partial charge >= 0.3 is 0 Å². The molecule has 2 amide bonds. The zero-order valence-electron chi connectivity index (χ0n) is 16.2. The quantitative estimate of drug-likeness (QED) is 0.756. The van der Waals surface area contributed by atoms with Crippen molar-refractivity contribution >= 4 is 11.8 Å². The van der Waals surface area contributed by atoms with Crippen molar-refractivity contribution in [1.82, 2.24) is 10.6 Å². The highest BCUT2D eigenvalue weighted by molar-refractivity contribution is 6.06. The molecular formula is C23H28N2O2. The van der Waals surface area contributed by atoms with Crippen LogP contribution in [0.2, 0.25) is 0 Å². The molecule has 0 saturated heterocycles. The molecule has 27 heavy (non-hydrogen) atoms. The topological polar surface area (TPSA) is 58.2 Å². The summed E-state index contributed by atoms with van der Waals surface area (Å²) in [4.78, 5) is 26.1. The van der Waals surface area contributed by atoms with Crippen molar-refractivity contribution in [1.29, 1.82) is 0 Å². The molecule has 0 spiro atoms. The molecule has 1 fully saturated rings. The van der Waals surface area contributed by atoms with Gasteiger partial charge in [-0.25, -0.2) is 0 Å². The van der Waals surface area contributed by atoms with Gasteiger partial charge in [-0.1, -0.05) is 67.6 Å². The van der Waals surface area contributed by atoms with E-state index in [1.807, 2.05) is 74.5 Å². The first-order chi connectivity index (χ1) is 12.9. The zero-order valence-corrected chi connectivity index (χ0v) is 16.2. The van der Waals surface area contributed by atoms with Gasteiger partial charge in [-0.2, -0.15) is 0 Å². The number of rotatable bonds is 6. The Morgan fingerprint density at radius 1 is 0.815 bits per heavy atom. The van der Waals surface area contributed by atoms with Gasteiger partial charge in [0.2, 0.25) is 11.8 Å². The fourth-order valence-corrected chi connectivity index (χ4v) is 3.92. The molecule has 0 heterocycles. The molecular weight excluding hydrogens is 336 g/mol. The van der Waals surface area contributed by atoms with Gasteiger partial charge in [0.05, 0.1) is 12.1 Å². The first kappa shape index (κ1) is 19.2. The van der Waals surface area contributed by atoms with Crippen LogP contribution in [0.15, 0.2) is 60.7 Å². The Kier molecular flexibility index (Phi) is 5.64. The summed E-state index contributed by atoms with van der Waals surface area (Å²) in [5, 5.41) is 6.11. The normalized spacial score (nSPS) is 23.6. The largest absolute Gasteiger partial charge is 0.349 e. The predicted octanol–water partition coefficient (Wildman–Crippen LogP) is 4.16. The first-order valence-corrected chi connectivity index (χ1v) is 9.64. The Labute approximate surface area is 161 Å². The smallest absolute Gasteiger partial charge is 0.236 e. The van der Waals surface area contributed by atoms with Gasteiger partial charge in [0.25, 0.3) is 0 Å². The molecule has 0 aliphatic heterocycles. The second kappa shape index (κ2) is 7.95. The molecule has 4 nitrogen and oxygen atoms in total. The lowest BCUT2D eigenvalue weighted by molar-refractivity contribution is -0.153. The van der Waals surface area contributed by atoms with Gasteiger partial charge in [-0.3, -0.25) is 9.59 Å². The summed E-state index contributed by atoms with van der Waals surface area (Å²) in [6, 6.07) is 19.4. The van der Waals surface area contributed by atoms with Crippen LogP contribution in [-0.2, 0) is 9.59 Å². The number of hydrogen-bond acceptors (Lipinski definition) is 2. The van der Waals surface area contributed by atoms with Crippen LogP contribution in [0.25, 0.3) is 0 Å². The number of benzene rings is 2. The summed E-state index contributed by atoms with van der Waals surface area (Å²) in [5.74, 6) is 0.0324. The van der Waals surface area contributed by atoms with Crippen molar-refractivity contribution in [2.45, 2.75) is 45.7 Å². The summed E-state index contributed by atoms with van der Waals surface area (Å²) in [5.41, 5.74) is 1.10. The molecule has 0 aromatic heterocycles. The van der Waals surface area contributed by atoms with Crippen LogP contribution < -0.4 is 10.6 Å². The summed E-state index contributed by atoms with van der Waals surface area (Å²) in [6.45, 7) is 5.99. The molecule has 3 rings (SSSR count). The lowest BCUT2D eigenvalue weighted by Crippen LogP contribution is -2.58. The molecule has 2 N–H and O–H groups in total. The van der Waals surface area contributed by atoms with Gasteiger partial charge in [-0.05, 0) is 43.7 Å². The molecule has 0 bridgehead atoms. The van der Waals surface area contributed by atoms with E-state index in [0.29, 0.717) is 18.8 Å². The van der Waals surface area contributed by atoms with Gasteiger partial charge in [0, 0.05) is 0 Å². The molecule has 142 valence electrons. The van der Waals surface area contributed by atoms with E-state index in [1.54, 1.807) is 0 Å². The van der Waals surface area contributed by atoms with Crippen molar-refractivity contribution in [3.05, 3.63) is 71.8 Å². The van der Waals surface area contributed by atoms with E-state index in [9.17, 15) is 9.59 Å². The number of amides is 2. The zero-order chi connectivity index (χ0) is 19.4. The van der Waals surface area contributed by atoms with Gasteiger partial charge in [0.1, 0.15) is 5.41 Å². The summed E-state index contributed by atoms with van der Waals surface area (Å²) < 4.78 is 0. The van der Waals surface area contributed by atoms with Crippen LogP contribution in [0.5, 0.6) is 0 Å². The van der Waals surface area contributed by atoms with Crippen LogP contribution in [-0.4, -0.2) is 11.8 Å². The van der Waals surface area contributed by atoms with Crippen molar-refractivity contribution in [2.75, 3.05) is 0 Å². The SMILES string of the molecule is CC1CC(C(=O)NC(C)c2ccccc2)(C(=O)NC(C)c2ccccc2)C1. The van der Waals surface area contributed by atoms with Crippen LogP contribution >= 0.6 is 0 Å². The van der Waals surface area contributed by atoms with Crippen LogP contribution in [0.1, 0.15) is 56.8 Å². The van der Waals surface area contributed by atoms with Crippen LogP contribution in [0.3, 0.4) is 0 Å². The minimum atomic E-state index is -0.967. The summed E-state index contributed by atoms with van der Waals surface area (Å²) in [7, 11) is 0. The average molecular weight is 364 g/mol. The van der Waals surface area contributed by atoms with Gasteiger partial charge in [-0.15, -0.1) is 0 Å². The van der Waals surface area contributed by atoms with Gasteiger partial charge < -0.3 is 10.6 Å². The highest BCUT2D eigenvalue weighted by Gasteiger charge is 2.54. The monoisotopic (exact) mass is 364 g/mol. The highest BCUT2D eigenvalue weighted by atomic mass is 16.2. The van der Waals surface area contributed by atoms with Crippen LogP contribution in [0, 0.1) is 11.3 Å². The molecule has 2 unspecified atom stereocenters. The maximum Gasteiger partial charge on any atom is 0.236 e. The van der Waals surface area contributed by atoms with Crippen molar-refractivity contribution < 1.29 is 9.59 Å². The maximum absolute atomic E-state index is 13.1. The Morgan fingerprint density at radius 3 is 1.52 bits per heavy atom. The lowest BCUT2D eigenvalue weighted by atomic mass is 9.61. The second-order valence-electron chi connectivity index (χ2n) is 7.81. The Balaban J connectivity index is 1.71. The molecule has 1 aliphatic carbocycles. The third-order valence-electron chi connectivity index (χ3n) is 5.56. The fourth-order valence-electron chi connectivity index (χ4n) is 3.92. The minimum absolute atomic E-state index is 0.133. The molecule has 4 heteroatoms. The molecule has 0 radical (unpaired) electrons. The second-order valence-corrected chi connectivity index (χ2v) is 7.81. The molecule has 2 atom stereocenters. The van der Waals surface area contributed by atoms with E-state index >= 15 is 0 Å². The highest BCUT2D eigenvalue weighted by Crippen LogP contribution is 2.46. The van der Waals surface area contributed by atoms with Crippen molar-refractivity contribution in [3.63, 3.8) is 0 Å². The molecule has 1 saturated carbocycles. The third kappa shape index (κ3) is 4.05. The number of nitrogens with one attached hydrogen (secondary N) is 2. The van der Waals surface area contributed by atoms with E-state index in [1.165, 1.54) is 0 Å². The fraction of sp³-hybridized carbons (Fsp3) is 0.391. The minimum Gasteiger partial charge on any atom is -0.349 e. The van der Waals surface area contributed by atoms with Gasteiger partial charge in [0.15, 0.2) is 0 Å². The predicted molar refractivity (Wildman–Crippen MR) is 107 cm³/mol. The Bertz CT molecular complexity index is 721. The standard InChI is InChI=1S/C23H28N2O2/c1-16-14-23(15-16,21(26)24-17(2)19-10-6-4-7-11-19)22(27)25-18(3)20-12-8-5-9-13-20/h4-13,16-18H,14-15H2,1-3H3,(H,24,26)(H,25,27). The Hall–Kier alpha value is -2.62. The third-order valence-corrected chi connectivity index (χ3v) is 5.56. The van der Waals surface area contributed by atoms with Crippen molar-refractivity contribution in [2.24, 2.45) is 11.3 Å². The number of carbonyl (C=O) groups excluding carboxylic acids is 2. The Morgan fingerprint density at radius 2 is 1.19 bits per heavy atom. The van der Waals surface area contributed by atoms with E-state index < -0.39 is 5.41 Å². The maximum atomic E-state index is 13.1.